The molecule has 0 saturated carbocycles. The predicted molar refractivity (Wildman–Crippen MR) is 83.5 cm³/mol. The molecule has 7 heteroatoms. The average molecular weight is 320 g/mol. The number of imidazole rings is 1. The van der Waals surface area contributed by atoms with E-state index in [1.54, 1.807) is 43.5 Å². The third-order valence-corrected chi connectivity index (χ3v) is 3.68. The largest absolute Gasteiger partial charge is 0.458 e. The number of ether oxygens (including phenoxy) is 1. The Bertz CT molecular complexity index is 956. The van der Waals surface area contributed by atoms with E-state index in [-0.39, 0.29) is 17.4 Å². The number of aryl methyl sites for hydroxylation is 1. The van der Waals surface area contributed by atoms with Crippen LogP contribution in [-0.4, -0.2) is 26.0 Å². The molecule has 6 nitrogen and oxygen atoms in total. The van der Waals surface area contributed by atoms with Crippen LogP contribution in [0.2, 0.25) is 5.02 Å². The number of hydrogen-bond acceptors (Lipinski definition) is 4. The van der Waals surface area contributed by atoms with Gasteiger partial charge >= 0.3 is 5.97 Å². The fourth-order valence-electron chi connectivity index (χ4n) is 2.44. The zero-order valence-corrected chi connectivity index (χ0v) is 13.1. The van der Waals surface area contributed by atoms with Crippen LogP contribution in [0, 0.1) is 0 Å². The van der Waals surface area contributed by atoms with Crippen LogP contribution in [0.5, 0.6) is 0 Å². The standard InChI is InChI=1S/C15H14ClN3O3/c1-8(2)22-15(21)12-13-18(3)14(20)11-9(16)5-4-6-10(11)19(13)7-17-12/h4-8H,1-3H3. The van der Waals surface area contributed by atoms with Gasteiger partial charge in [-0.05, 0) is 26.0 Å². The minimum Gasteiger partial charge on any atom is -0.458 e. The highest BCUT2D eigenvalue weighted by atomic mass is 35.5. The third kappa shape index (κ3) is 2.07. The van der Waals surface area contributed by atoms with Crippen LogP contribution in [0.15, 0.2) is 29.3 Å². The van der Waals surface area contributed by atoms with E-state index in [1.165, 1.54) is 10.9 Å². The molecule has 0 spiro atoms. The Morgan fingerprint density at radius 2 is 2.09 bits per heavy atom. The second kappa shape index (κ2) is 5.14. The van der Waals surface area contributed by atoms with Crippen molar-refractivity contribution >= 4 is 34.1 Å². The van der Waals surface area contributed by atoms with Crippen molar-refractivity contribution in [3.63, 3.8) is 0 Å². The Labute approximate surface area is 130 Å². The smallest absolute Gasteiger partial charge is 0.361 e. The highest BCUT2D eigenvalue weighted by molar-refractivity contribution is 6.35. The molecule has 0 amide bonds. The number of rotatable bonds is 2. The molecule has 2 heterocycles. The summed E-state index contributed by atoms with van der Waals surface area (Å²) in [6, 6.07) is 5.16. The molecule has 0 bridgehead atoms. The highest BCUT2D eigenvalue weighted by Gasteiger charge is 2.21. The molecule has 114 valence electrons. The maximum Gasteiger partial charge on any atom is 0.361 e. The molecule has 2 aromatic heterocycles. The van der Waals surface area contributed by atoms with Crippen molar-refractivity contribution in [1.82, 2.24) is 14.0 Å². The van der Waals surface area contributed by atoms with Crippen LogP contribution in [0.3, 0.4) is 0 Å². The first-order chi connectivity index (χ1) is 10.4. The van der Waals surface area contributed by atoms with Gasteiger partial charge < -0.3 is 4.74 Å². The van der Waals surface area contributed by atoms with Gasteiger partial charge in [0.1, 0.15) is 6.33 Å². The second-order valence-corrected chi connectivity index (χ2v) is 5.65. The van der Waals surface area contributed by atoms with Crippen LogP contribution in [0.25, 0.3) is 16.6 Å². The number of esters is 1. The lowest BCUT2D eigenvalue weighted by Crippen LogP contribution is -2.22. The molecule has 3 rings (SSSR count). The fourth-order valence-corrected chi connectivity index (χ4v) is 2.69. The van der Waals surface area contributed by atoms with Crippen molar-refractivity contribution in [2.24, 2.45) is 7.05 Å². The Hall–Kier alpha value is -2.34. The molecule has 3 aromatic rings. The van der Waals surface area contributed by atoms with Gasteiger partial charge in [-0.15, -0.1) is 0 Å². The molecular formula is C15H14ClN3O3. The predicted octanol–water partition coefficient (Wildman–Crippen LogP) is 2.40. The molecule has 1 aromatic carbocycles. The number of benzene rings is 1. The molecule has 0 unspecified atom stereocenters. The Morgan fingerprint density at radius 1 is 1.36 bits per heavy atom. The van der Waals surface area contributed by atoms with Crippen molar-refractivity contribution < 1.29 is 9.53 Å². The molecule has 0 atom stereocenters. The van der Waals surface area contributed by atoms with Crippen LogP contribution in [-0.2, 0) is 11.8 Å². The Kier molecular flexibility index (Phi) is 3.41. The van der Waals surface area contributed by atoms with Crippen molar-refractivity contribution in [3.8, 4) is 0 Å². The van der Waals surface area contributed by atoms with Crippen molar-refractivity contribution in [1.29, 1.82) is 0 Å². The number of halogens is 1. The summed E-state index contributed by atoms with van der Waals surface area (Å²) < 4.78 is 8.20. The number of hydrogen-bond donors (Lipinski definition) is 0. The molecule has 0 aliphatic heterocycles. The molecule has 0 aliphatic carbocycles. The summed E-state index contributed by atoms with van der Waals surface area (Å²) in [6.07, 6.45) is 1.22. The van der Waals surface area contributed by atoms with Gasteiger partial charge in [0.15, 0.2) is 11.3 Å². The summed E-state index contributed by atoms with van der Waals surface area (Å²) in [4.78, 5) is 28.8. The Balaban J connectivity index is 2.40. The molecule has 0 radical (unpaired) electrons. The van der Waals surface area contributed by atoms with Crippen LogP contribution in [0.4, 0.5) is 0 Å². The van der Waals surface area contributed by atoms with Crippen LogP contribution >= 0.6 is 11.6 Å². The van der Waals surface area contributed by atoms with E-state index < -0.39 is 5.97 Å². The van der Waals surface area contributed by atoms with E-state index in [9.17, 15) is 9.59 Å². The van der Waals surface area contributed by atoms with Gasteiger partial charge in [0.25, 0.3) is 5.56 Å². The van der Waals surface area contributed by atoms with Gasteiger partial charge in [0, 0.05) is 7.05 Å². The maximum absolute atomic E-state index is 12.5. The first-order valence-electron chi connectivity index (χ1n) is 6.77. The normalized spacial score (nSPS) is 11.5. The zero-order chi connectivity index (χ0) is 16.0. The fraction of sp³-hybridized carbons (Fsp3) is 0.267. The summed E-state index contributed by atoms with van der Waals surface area (Å²) in [5.41, 5.74) is 0.800. The van der Waals surface area contributed by atoms with E-state index in [4.69, 9.17) is 16.3 Å². The third-order valence-electron chi connectivity index (χ3n) is 3.37. The van der Waals surface area contributed by atoms with E-state index in [0.717, 1.165) is 0 Å². The number of carbonyl (C=O) groups excluding carboxylic acids is 1. The van der Waals surface area contributed by atoms with Crippen LogP contribution < -0.4 is 5.56 Å². The SMILES string of the molecule is CC(C)OC(=O)c1ncn2c3cccc(Cl)c3c(=O)n(C)c12. The lowest BCUT2D eigenvalue weighted by Gasteiger charge is -2.10. The molecule has 0 N–H and O–H groups in total. The number of aromatic nitrogens is 3. The Morgan fingerprint density at radius 3 is 2.77 bits per heavy atom. The summed E-state index contributed by atoms with van der Waals surface area (Å²) in [5.74, 6) is -0.561. The van der Waals surface area contributed by atoms with Gasteiger partial charge in [0.2, 0.25) is 0 Å². The van der Waals surface area contributed by atoms with Gasteiger partial charge in [-0.25, -0.2) is 9.78 Å². The molecular weight excluding hydrogens is 306 g/mol. The van der Waals surface area contributed by atoms with Crippen molar-refractivity contribution in [2.75, 3.05) is 0 Å². The number of carbonyl (C=O) groups is 1. The van der Waals surface area contributed by atoms with Gasteiger partial charge in [-0.1, -0.05) is 17.7 Å². The second-order valence-electron chi connectivity index (χ2n) is 5.24. The summed E-state index contributed by atoms with van der Waals surface area (Å²) in [5, 5.41) is 0.750. The maximum atomic E-state index is 12.5. The first-order valence-corrected chi connectivity index (χ1v) is 7.15. The first kappa shape index (κ1) is 14.6. The lowest BCUT2D eigenvalue weighted by molar-refractivity contribution is 0.0373. The van der Waals surface area contributed by atoms with Gasteiger partial charge in [0.05, 0.1) is 22.0 Å². The van der Waals surface area contributed by atoms with E-state index >= 15 is 0 Å². The lowest BCUT2D eigenvalue weighted by atomic mass is 10.2. The molecule has 0 fully saturated rings. The highest BCUT2D eigenvalue weighted by Crippen LogP contribution is 2.22. The number of nitrogens with zero attached hydrogens (tertiary/aromatic N) is 3. The van der Waals surface area contributed by atoms with Crippen molar-refractivity contribution in [3.05, 3.63) is 45.6 Å². The minimum absolute atomic E-state index is 0.107. The quantitative estimate of drug-likeness (QED) is 0.680. The summed E-state index contributed by atoms with van der Waals surface area (Å²) in [7, 11) is 1.58. The minimum atomic E-state index is -0.561. The van der Waals surface area contributed by atoms with Crippen LogP contribution in [0.1, 0.15) is 24.3 Å². The topological polar surface area (TPSA) is 65.6 Å². The number of fused-ring (bicyclic) bond motifs is 3. The van der Waals surface area contributed by atoms with E-state index in [1.807, 2.05) is 0 Å². The zero-order valence-electron chi connectivity index (χ0n) is 12.3. The monoisotopic (exact) mass is 319 g/mol. The molecule has 0 saturated heterocycles. The molecule has 0 aliphatic rings. The van der Waals surface area contributed by atoms with E-state index in [2.05, 4.69) is 4.98 Å². The molecule has 22 heavy (non-hydrogen) atoms. The summed E-state index contributed by atoms with van der Waals surface area (Å²) in [6.45, 7) is 3.51. The van der Waals surface area contributed by atoms with Crippen molar-refractivity contribution in [2.45, 2.75) is 20.0 Å². The summed E-state index contributed by atoms with van der Waals surface area (Å²) >= 11 is 6.13. The van der Waals surface area contributed by atoms with Gasteiger partial charge in [-0.2, -0.15) is 0 Å². The van der Waals surface area contributed by atoms with E-state index in [0.29, 0.717) is 21.6 Å². The van der Waals surface area contributed by atoms with Gasteiger partial charge in [-0.3, -0.25) is 13.8 Å². The average Bonchev–Trinajstić information content (AvgIpc) is 2.89.